The molecule has 3 rings (SSSR count). The van der Waals surface area contributed by atoms with E-state index in [1.54, 1.807) is 12.1 Å². The normalized spacial score (nSPS) is 10.8. The summed E-state index contributed by atoms with van der Waals surface area (Å²) in [5.74, 6) is -0.237. The largest absolute Gasteiger partial charge is 0.502 e. The van der Waals surface area contributed by atoms with E-state index in [1.165, 1.54) is 18.5 Å². The lowest BCUT2D eigenvalue weighted by Crippen LogP contribution is -2.02. The Balaban J connectivity index is 2.33. The highest BCUT2D eigenvalue weighted by atomic mass is 79.9. The summed E-state index contributed by atoms with van der Waals surface area (Å²) in [5, 5.41) is 10.3. The second kappa shape index (κ2) is 4.51. The molecule has 1 aromatic carbocycles. The van der Waals surface area contributed by atoms with Gasteiger partial charge in [-0.1, -0.05) is 15.9 Å². The fourth-order valence-electron chi connectivity index (χ4n) is 1.83. The third kappa shape index (κ3) is 2.02. The van der Waals surface area contributed by atoms with Crippen LogP contribution in [0.2, 0.25) is 0 Å². The Morgan fingerprint density at radius 3 is 2.63 bits per heavy atom. The maximum absolute atomic E-state index is 12.0. The third-order valence-corrected chi connectivity index (χ3v) is 3.31. The molecule has 5 heteroatoms. The minimum absolute atomic E-state index is 0.151. The van der Waals surface area contributed by atoms with Gasteiger partial charge >= 0.3 is 0 Å². The monoisotopic (exact) mass is 317 g/mol. The number of aromatic nitrogens is 1. The summed E-state index contributed by atoms with van der Waals surface area (Å²) < 4.78 is 6.47. The first kappa shape index (κ1) is 11.9. The first-order chi connectivity index (χ1) is 9.16. The highest BCUT2D eigenvalue weighted by Gasteiger charge is 2.14. The van der Waals surface area contributed by atoms with Crippen LogP contribution >= 0.6 is 15.9 Å². The zero-order valence-corrected chi connectivity index (χ0v) is 11.2. The predicted octanol–water partition coefficient (Wildman–Crippen LogP) is 3.32. The van der Waals surface area contributed by atoms with Gasteiger partial charge in [0.15, 0.2) is 11.3 Å². The van der Waals surface area contributed by atoms with Gasteiger partial charge in [0.2, 0.25) is 11.2 Å². The second-order valence-corrected chi connectivity index (χ2v) is 4.90. The molecule has 19 heavy (non-hydrogen) atoms. The Hall–Kier alpha value is -2.14. The molecule has 0 saturated heterocycles. The van der Waals surface area contributed by atoms with Crippen molar-refractivity contribution in [2.24, 2.45) is 0 Å². The molecule has 0 amide bonds. The standard InChI is InChI=1S/C14H8BrNO3/c15-9-3-1-8(2-4-9)14-13(18)12(17)10-5-6-16-7-11(10)19-14/h1-7,18H. The lowest BCUT2D eigenvalue weighted by Gasteiger charge is -2.05. The van der Waals surface area contributed by atoms with Gasteiger partial charge in [-0.05, 0) is 30.3 Å². The van der Waals surface area contributed by atoms with Crippen molar-refractivity contribution in [3.8, 4) is 17.1 Å². The predicted molar refractivity (Wildman–Crippen MR) is 75.1 cm³/mol. The van der Waals surface area contributed by atoms with Gasteiger partial charge in [-0.15, -0.1) is 0 Å². The molecule has 94 valence electrons. The summed E-state index contributed by atoms with van der Waals surface area (Å²) in [6.45, 7) is 0. The van der Waals surface area contributed by atoms with Crippen molar-refractivity contribution in [2.45, 2.75) is 0 Å². The third-order valence-electron chi connectivity index (χ3n) is 2.78. The van der Waals surface area contributed by atoms with Crippen LogP contribution in [-0.2, 0) is 0 Å². The minimum Gasteiger partial charge on any atom is -0.502 e. The van der Waals surface area contributed by atoms with E-state index in [4.69, 9.17) is 4.42 Å². The van der Waals surface area contributed by atoms with Gasteiger partial charge in [-0.3, -0.25) is 9.78 Å². The number of fused-ring (bicyclic) bond motifs is 1. The maximum Gasteiger partial charge on any atom is 0.235 e. The molecule has 0 fully saturated rings. The number of halogens is 1. The molecule has 4 nitrogen and oxygen atoms in total. The highest BCUT2D eigenvalue weighted by molar-refractivity contribution is 9.10. The minimum atomic E-state index is -0.457. The van der Waals surface area contributed by atoms with E-state index in [-0.39, 0.29) is 11.5 Å². The van der Waals surface area contributed by atoms with Crippen molar-refractivity contribution in [3.63, 3.8) is 0 Å². The number of aromatic hydroxyl groups is 1. The molecule has 0 aliphatic rings. The molecular weight excluding hydrogens is 310 g/mol. The lowest BCUT2D eigenvalue weighted by atomic mass is 10.1. The molecule has 0 unspecified atom stereocenters. The first-order valence-corrected chi connectivity index (χ1v) is 6.32. The van der Waals surface area contributed by atoms with Crippen LogP contribution in [-0.4, -0.2) is 10.1 Å². The van der Waals surface area contributed by atoms with Crippen LogP contribution in [0.4, 0.5) is 0 Å². The molecule has 0 atom stereocenters. The summed E-state index contributed by atoms with van der Waals surface area (Å²) in [4.78, 5) is 16.0. The van der Waals surface area contributed by atoms with Gasteiger partial charge in [0.05, 0.1) is 11.6 Å². The topological polar surface area (TPSA) is 63.3 Å². The lowest BCUT2D eigenvalue weighted by molar-refractivity contribution is 0.449. The van der Waals surface area contributed by atoms with Crippen molar-refractivity contribution in [2.75, 3.05) is 0 Å². The van der Waals surface area contributed by atoms with Gasteiger partial charge in [-0.25, -0.2) is 0 Å². The zero-order chi connectivity index (χ0) is 13.4. The van der Waals surface area contributed by atoms with E-state index in [0.717, 1.165) is 4.47 Å². The molecule has 3 aromatic rings. The van der Waals surface area contributed by atoms with Gasteiger partial charge in [0.1, 0.15) is 0 Å². The molecule has 0 saturated carbocycles. The number of benzene rings is 1. The van der Waals surface area contributed by atoms with Crippen molar-refractivity contribution in [1.29, 1.82) is 0 Å². The average Bonchev–Trinajstić information content (AvgIpc) is 2.44. The van der Waals surface area contributed by atoms with Crippen LogP contribution in [0.15, 0.2) is 56.4 Å². The van der Waals surface area contributed by atoms with Crippen molar-refractivity contribution in [3.05, 3.63) is 57.4 Å². The average molecular weight is 318 g/mol. The zero-order valence-electron chi connectivity index (χ0n) is 9.63. The fourth-order valence-corrected chi connectivity index (χ4v) is 2.10. The van der Waals surface area contributed by atoms with Gasteiger partial charge < -0.3 is 9.52 Å². The van der Waals surface area contributed by atoms with Crippen molar-refractivity contribution in [1.82, 2.24) is 4.98 Å². The van der Waals surface area contributed by atoms with E-state index < -0.39 is 5.43 Å². The fraction of sp³-hybridized carbons (Fsp3) is 0. The van der Waals surface area contributed by atoms with Crippen molar-refractivity contribution < 1.29 is 9.52 Å². The van der Waals surface area contributed by atoms with Gasteiger partial charge in [-0.2, -0.15) is 0 Å². The summed E-state index contributed by atoms with van der Waals surface area (Å²) in [5.41, 5.74) is 0.522. The summed E-state index contributed by atoms with van der Waals surface area (Å²) in [6, 6.07) is 8.64. The van der Waals surface area contributed by atoms with Crippen LogP contribution in [0.3, 0.4) is 0 Å². The van der Waals surface area contributed by atoms with Gasteiger partial charge in [0.25, 0.3) is 0 Å². The Bertz CT molecular complexity index is 809. The number of rotatable bonds is 1. The molecule has 2 aromatic heterocycles. The number of nitrogens with zero attached hydrogens (tertiary/aromatic N) is 1. The smallest absolute Gasteiger partial charge is 0.235 e. The number of pyridine rings is 1. The van der Waals surface area contributed by atoms with Crippen molar-refractivity contribution >= 4 is 26.9 Å². The number of hydrogen-bond acceptors (Lipinski definition) is 4. The van der Waals surface area contributed by atoms with E-state index in [0.29, 0.717) is 16.5 Å². The summed E-state index contributed by atoms with van der Waals surface area (Å²) in [6.07, 6.45) is 2.94. The quantitative estimate of drug-likeness (QED) is 0.747. The van der Waals surface area contributed by atoms with E-state index in [2.05, 4.69) is 20.9 Å². The SMILES string of the molecule is O=c1c(O)c(-c2ccc(Br)cc2)oc2cnccc12. The van der Waals surface area contributed by atoms with Crippen LogP contribution in [0.1, 0.15) is 0 Å². The molecule has 1 N–H and O–H groups in total. The number of hydrogen-bond donors (Lipinski definition) is 1. The van der Waals surface area contributed by atoms with Crippen LogP contribution < -0.4 is 5.43 Å². The first-order valence-electron chi connectivity index (χ1n) is 5.52. The van der Waals surface area contributed by atoms with E-state index in [1.807, 2.05) is 12.1 Å². The van der Waals surface area contributed by atoms with E-state index in [9.17, 15) is 9.90 Å². The summed E-state index contributed by atoms with van der Waals surface area (Å²) >= 11 is 3.33. The molecule has 0 spiro atoms. The molecule has 2 heterocycles. The Morgan fingerprint density at radius 2 is 1.89 bits per heavy atom. The second-order valence-electron chi connectivity index (χ2n) is 3.99. The molecule has 0 aliphatic heterocycles. The molecule has 0 bridgehead atoms. The van der Waals surface area contributed by atoms with Gasteiger partial charge in [0, 0.05) is 16.2 Å². The van der Waals surface area contributed by atoms with E-state index >= 15 is 0 Å². The van der Waals surface area contributed by atoms with Crippen LogP contribution in [0.5, 0.6) is 5.75 Å². The molecule has 0 aliphatic carbocycles. The highest BCUT2D eigenvalue weighted by Crippen LogP contribution is 2.30. The Morgan fingerprint density at radius 1 is 1.16 bits per heavy atom. The molecule has 0 radical (unpaired) electrons. The maximum atomic E-state index is 12.0. The Labute approximate surface area is 116 Å². The summed E-state index contributed by atoms with van der Waals surface area (Å²) in [7, 11) is 0. The molecular formula is C14H8BrNO3. The Kier molecular flexibility index (Phi) is 2.83. The van der Waals surface area contributed by atoms with Crippen LogP contribution in [0, 0.1) is 0 Å². The van der Waals surface area contributed by atoms with Crippen LogP contribution in [0.25, 0.3) is 22.3 Å².